The van der Waals surface area contributed by atoms with E-state index in [1.165, 1.54) is 11.3 Å². The molecular weight excluding hydrogens is 214 g/mol. The Bertz CT molecular complexity index is 325. The van der Waals surface area contributed by atoms with Crippen LogP contribution in [0.5, 0.6) is 0 Å². The summed E-state index contributed by atoms with van der Waals surface area (Å²) in [7, 11) is 0. The van der Waals surface area contributed by atoms with Crippen LogP contribution in [0.3, 0.4) is 0 Å². The average Bonchev–Trinajstić information content (AvgIpc) is 2.27. The fourth-order valence-corrected chi connectivity index (χ4v) is 1.88. The van der Waals surface area contributed by atoms with Crippen molar-refractivity contribution in [2.24, 2.45) is 0 Å². The molecule has 0 spiro atoms. The zero-order chi connectivity index (χ0) is 6.97. The monoisotopic (exact) mass is 215 g/mol. The fraction of sp³-hybridized carbons (Fsp3) is 0. The van der Waals surface area contributed by atoms with Crippen LogP contribution < -0.4 is 0 Å². The van der Waals surface area contributed by atoms with Crippen molar-refractivity contribution < 1.29 is 0 Å². The van der Waals surface area contributed by atoms with E-state index in [0.717, 1.165) is 8.75 Å². The molecule has 0 aliphatic rings. The molecule has 5 heteroatoms. The van der Waals surface area contributed by atoms with Crippen LogP contribution in [0.4, 0.5) is 0 Å². The molecule has 0 unspecified atom stereocenters. The number of aromatic nitrogens is 3. The summed E-state index contributed by atoms with van der Waals surface area (Å²) in [4.78, 5) is 13.0. The minimum atomic E-state index is 0.708. The van der Waals surface area contributed by atoms with Crippen LogP contribution in [0.1, 0.15) is 0 Å². The van der Waals surface area contributed by atoms with Crippen LogP contribution in [0.25, 0.3) is 10.5 Å². The van der Waals surface area contributed by atoms with Gasteiger partial charge in [0, 0.05) is 12.4 Å². The number of nitrogens with zero attached hydrogens (tertiary/aromatic N) is 3. The molecule has 2 aromatic rings. The van der Waals surface area contributed by atoms with Crippen LogP contribution in [-0.4, -0.2) is 15.0 Å². The molecule has 0 N–H and O–H groups in total. The molecule has 0 amide bonds. The highest BCUT2D eigenvalue weighted by Crippen LogP contribution is 2.21. The molecule has 0 saturated heterocycles. The predicted octanol–water partition coefficient (Wildman–Crippen LogP) is 1.85. The molecule has 0 aliphatic carbocycles. The van der Waals surface area contributed by atoms with Crippen molar-refractivity contribution >= 4 is 37.7 Å². The van der Waals surface area contributed by atoms with E-state index in [1.807, 2.05) is 0 Å². The summed E-state index contributed by atoms with van der Waals surface area (Å²) >= 11 is 4.74. The molecule has 0 aliphatic heterocycles. The van der Waals surface area contributed by atoms with Crippen LogP contribution in [0, 0.1) is 0 Å². The van der Waals surface area contributed by atoms with Crippen LogP contribution in [-0.2, 0) is 0 Å². The van der Waals surface area contributed by atoms with Crippen LogP contribution >= 0.6 is 27.3 Å². The maximum atomic E-state index is 4.07. The summed E-state index contributed by atoms with van der Waals surface area (Å²) in [6.07, 6.45) is 3.29. The molecule has 3 nitrogen and oxygen atoms in total. The second kappa shape index (κ2) is 2.25. The maximum Gasteiger partial charge on any atom is 0.190 e. The first-order valence-electron chi connectivity index (χ1n) is 2.59. The van der Waals surface area contributed by atoms with E-state index in [0.29, 0.717) is 5.65 Å². The first-order valence-corrected chi connectivity index (χ1v) is 4.20. The SMILES string of the molecule is Brc1nc2nccnc2s1. The van der Waals surface area contributed by atoms with Crippen molar-refractivity contribution in [2.45, 2.75) is 0 Å². The highest BCUT2D eigenvalue weighted by atomic mass is 79.9. The van der Waals surface area contributed by atoms with Crippen molar-refractivity contribution in [1.82, 2.24) is 15.0 Å². The third kappa shape index (κ3) is 0.911. The van der Waals surface area contributed by atoms with Gasteiger partial charge in [-0.2, -0.15) is 0 Å². The van der Waals surface area contributed by atoms with Gasteiger partial charge in [0.1, 0.15) is 0 Å². The lowest BCUT2D eigenvalue weighted by Crippen LogP contribution is -1.75. The zero-order valence-corrected chi connectivity index (χ0v) is 7.19. The van der Waals surface area contributed by atoms with Crippen LogP contribution in [0.2, 0.25) is 0 Å². The standard InChI is InChI=1S/C5H2BrN3S/c6-5-9-3-4(10-5)8-2-1-7-3/h1-2H. The molecule has 2 aromatic heterocycles. The number of hydrogen-bond donors (Lipinski definition) is 0. The maximum absolute atomic E-state index is 4.07. The molecule has 0 saturated carbocycles. The van der Waals surface area contributed by atoms with Gasteiger partial charge in [0.15, 0.2) is 14.4 Å². The largest absolute Gasteiger partial charge is 0.240 e. The molecule has 0 fully saturated rings. The first-order chi connectivity index (χ1) is 4.86. The molecule has 2 heterocycles. The van der Waals surface area contributed by atoms with Crippen molar-refractivity contribution in [3.8, 4) is 0 Å². The number of thiazole rings is 1. The van der Waals surface area contributed by atoms with E-state index in [4.69, 9.17) is 0 Å². The highest BCUT2D eigenvalue weighted by molar-refractivity contribution is 9.11. The van der Waals surface area contributed by atoms with Gasteiger partial charge in [-0.25, -0.2) is 15.0 Å². The third-order valence-corrected chi connectivity index (χ3v) is 2.43. The zero-order valence-electron chi connectivity index (χ0n) is 4.78. The second-order valence-electron chi connectivity index (χ2n) is 1.65. The van der Waals surface area contributed by atoms with Gasteiger partial charge in [-0.05, 0) is 15.9 Å². The smallest absolute Gasteiger partial charge is 0.190 e. The van der Waals surface area contributed by atoms with Crippen molar-refractivity contribution in [3.63, 3.8) is 0 Å². The lowest BCUT2D eigenvalue weighted by atomic mass is 10.7. The van der Waals surface area contributed by atoms with Gasteiger partial charge >= 0.3 is 0 Å². The normalized spacial score (nSPS) is 10.5. The van der Waals surface area contributed by atoms with Crippen molar-refractivity contribution in [3.05, 3.63) is 16.3 Å². The average molecular weight is 216 g/mol. The van der Waals surface area contributed by atoms with Gasteiger partial charge in [-0.1, -0.05) is 11.3 Å². The minimum absolute atomic E-state index is 0.708. The summed E-state index contributed by atoms with van der Waals surface area (Å²) < 4.78 is 0.828. The quantitative estimate of drug-likeness (QED) is 0.674. The van der Waals surface area contributed by atoms with E-state index < -0.39 is 0 Å². The Morgan fingerprint density at radius 3 is 2.90 bits per heavy atom. The Hall–Kier alpha value is -0.550. The number of rotatable bonds is 0. The van der Waals surface area contributed by atoms with Gasteiger partial charge in [-0.15, -0.1) is 0 Å². The Morgan fingerprint density at radius 1 is 1.30 bits per heavy atom. The van der Waals surface area contributed by atoms with Crippen molar-refractivity contribution in [1.29, 1.82) is 0 Å². The molecule has 10 heavy (non-hydrogen) atoms. The van der Waals surface area contributed by atoms with Gasteiger partial charge < -0.3 is 0 Å². The van der Waals surface area contributed by atoms with Gasteiger partial charge in [0.2, 0.25) is 0 Å². The summed E-state index contributed by atoms with van der Waals surface area (Å²) in [6, 6.07) is 0. The molecule has 50 valence electrons. The Kier molecular flexibility index (Phi) is 1.39. The Labute approximate surface area is 69.3 Å². The van der Waals surface area contributed by atoms with E-state index in [9.17, 15) is 0 Å². The van der Waals surface area contributed by atoms with E-state index in [-0.39, 0.29) is 0 Å². The van der Waals surface area contributed by atoms with E-state index in [2.05, 4.69) is 30.9 Å². The third-order valence-electron chi connectivity index (χ3n) is 1.02. The molecule has 0 aromatic carbocycles. The van der Waals surface area contributed by atoms with E-state index in [1.54, 1.807) is 12.4 Å². The number of halogens is 1. The lowest BCUT2D eigenvalue weighted by Gasteiger charge is -1.79. The second-order valence-corrected chi connectivity index (χ2v) is 3.91. The van der Waals surface area contributed by atoms with Gasteiger partial charge in [0.05, 0.1) is 0 Å². The van der Waals surface area contributed by atoms with Gasteiger partial charge in [0.25, 0.3) is 0 Å². The molecule has 2 rings (SSSR count). The Balaban J connectivity index is 2.88. The predicted molar refractivity (Wildman–Crippen MR) is 42.9 cm³/mol. The number of hydrogen-bond acceptors (Lipinski definition) is 4. The van der Waals surface area contributed by atoms with Gasteiger partial charge in [-0.3, -0.25) is 0 Å². The summed E-state index contributed by atoms with van der Waals surface area (Å²) in [5, 5.41) is 0. The summed E-state index contributed by atoms with van der Waals surface area (Å²) in [5.74, 6) is 0. The minimum Gasteiger partial charge on any atom is -0.240 e. The number of fused-ring (bicyclic) bond motifs is 1. The first kappa shape index (κ1) is 6.18. The van der Waals surface area contributed by atoms with E-state index >= 15 is 0 Å². The molecule has 0 radical (unpaired) electrons. The van der Waals surface area contributed by atoms with Crippen LogP contribution in [0.15, 0.2) is 16.3 Å². The molecule has 0 atom stereocenters. The lowest BCUT2D eigenvalue weighted by molar-refractivity contribution is 1.25. The summed E-state index contributed by atoms with van der Waals surface area (Å²) in [6.45, 7) is 0. The molecular formula is C5H2BrN3S. The fourth-order valence-electron chi connectivity index (χ4n) is 0.652. The Morgan fingerprint density at radius 2 is 2.10 bits per heavy atom. The summed E-state index contributed by atoms with van der Waals surface area (Å²) in [5.41, 5.74) is 0.708. The van der Waals surface area contributed by atoms with Crippen molar-refractivity contribution in [2.75, 3.05) is 0 Å². The highest BCUT2D eigenvalue weighted by Gasteiger charge is 2.00. The molecule has 0 bridgehead atoms. The topological polar surface area (TPSA) is 38.7 Å².